The van der Waals surface area contributed by atoms with E-state index in [0.29, 0.717) is 45.1 Å². The van der Waals surface area contributed by atoms with Crippen molar-refractivity contribution in [2.24, 2.45) is 0 Å². The lowest BCUT2D eigenvalue weighted by atomic mass is 9.50. The van der Waals surface area contributed by atoms with Gasteiger partial charge in [0.25, 0.3) is 10.0 Å². The molecule has 0 aliphatic carbocycles. The number of hydrogen-bond donors (Lipinski definition) is 1. The quantitative estimate of drug-likeness (QED) is 0.0451. The number of nitrogens with zero attached hydrogens (tertiary/aromatic N) is 6. The van der Waals surface area contributed by atoms with Gasteiger partial charge in [0.2, 0.25) is 11.8 Å². The monoisotopic (exact) mass is 1470 g/mol. The number of aryl methyl sites for hydroxylation is 1. The highest BCUT2D eigenvalue weighted by Crippen LogP contribution is 2.56. The van der Waals surface area contributed by atoms with Crippen LogP contribution in [0.4, 0.5) is 48.3 Å². The van der Waals surface area contributed by atoms with E-state index < -0.39 is 81.6 Å². The van der Waals surface area contributed by atoms with Gasteiger partial charge in [0.15, 0.2) is 11.2 Å². The molecule has 12 rings (SSSR count). The third kappa shape index (κ3) is 11.7. The van der Waals surface area contributed by atoms with Crippen molar-refractivity contribution in [3.8, 4) is 40.4 Å². The average molecular weight is 1470 g/mol. The Labute approximate surface area is 569 Å². The number of alkyl halides is 11. The second kappa shape index (κ2) is 25.5. The topological polar surface area (TPSA) is 233 Å². The molecule has 0 bridgehead atoms. The van der Waals surface area contributed by atoms with Crippen molar-refractivity contribution >= 4 is 133 Å². The van der Waals surface area contributed by atoms with E-state index in [-0.39, 0.29) is 93.6 Å². The number of hydrogen-bond acceptors (Lipinski definition) is 13. The molecule has 0 saturated carbocycles. The molecule has 16 nitrogen and oxygen atoms in total. The number of fused-ring (bicyclic) bond motifs is 3. The van der Waals surface area contributed by atoms with Crippen LogP contribution in [0, 0.1) is 29.6 Å². The molecule has 506 valence electrons. The number of nitriles is 2. The summed E-state index contributed by atoms with van der Waals surface area (Å²) in [5.74, 6) is -18.7. The van der Waals surface area contributed by atoms with Gasteiger partial charge in [-0.05, 0) is 66.6 Å². The number of aromatic nitrogens is 4. The highest BCUT2D eigenvalue weighted by molar-refractivity contribution is 8.05. The zero-order valence-corrected chi connectivity index (χ0v) is 54.2. The third-order valence-corrected chi connectivity index (χ3v) is 21.1. The first-order chi connectivity index (χ1) is 47.2. The van der Waals surface area contributed by atoms with Crippen molar-refractivity contribution in [2.45, 2.75) is 34.8 Å². The Morgan fingerprint density at radius 1 is 0.500 bits per heavy atom. The summed E-state index contributed by atoms with van der Waals surface area (Å²) in [7, 11) is -24.0. The molecule has 4 heterocycles. The molecule has 0 unspecified atom stereocenters. The number of oxazole rings is 2. The van der Waals surface area contributed by atoms with E-state index in [0.717, 1.165) is 12.1 Å². The Kier molecular flexibility index (Phi) is 17.8. The zero-order chi connectivity index (χ0) is 71.9. The van der Waals surface area contributed by atoms with Crippen molar-refractivity contribution in [1.29, 1.82) is 10.5 Å². The summed E-state index contributed by atoms with van der Waals surface area (Å²) in [5.41, 5.74) is -3.93. The maximum atomic E-state index is 15.9. The van der Waals surface area contributed by atoms with Crippen LogP contribution < -0.4 is 40.9 Å². The van der Waals surface area contributed by atoms with Crippen molar-refractivity contribution in [3.05, 3.63) is 244 Å². The molecule has 0 saturated heterocycles. The van der Waals surface area contributed by atoms with E-state index in [4.69, 9.17) is 42.0 Å². The van der Waals surface area contributed by atoms with Gasteiger partial charge in [0, 0.05) is 49.9 Å². The fraction of sp³-hybridized carbons (Fsp3) is 0.0909. The van der Waals surface area contributed by atoms with Crippen LogP contribution in [-0.2, 0) is 30.2 Å². The van der Waals surface area contributed by atoms with Crippen LogP contribution in [0.1, 0.15) is 17.3 Å². The molecule has 0 amide bonds. The SMILES string of the molecule is Cc1ccccc1-c1c2/c(=C(\C#N)c3nc4ccc(Cl)cc4o3)n(B(c3ccccc3)c3ccccc3)c(-c3ccc(OS(=O)(=O)C(F)(F)C(F)(F)C(F)(F)C(F)(F)S(=O)(=O)NS(=O)(=O)C(F)(F)F)cc3)c2/c(=C(\C#N)c2nc3ccc(Cl)cc3o2)n1B(c1ccccc1)c1ccccc1. The second-order valence-corrected chi connectivity index (χ2v) is 28.3. The molecule has 4 aromatic heterocycles. The van der Waals surface area contributed by atoms with E-state index in [2.05, 4.69) is 16.3 Å². The fourth-order valence-electron chi connectivity index (χ4n) is 11.5. The van der Waals surface area contributed by atoms with E-state index in [9.17, 15) is 48.9 Å². The Bertz CT molecular complexity index is 5650. The predicted octanol–water partition coefficient (Wildman–Crippen LogP) is 11.4. The minimum Gasteiger partial charge on any atom is -0.435 e. The molecule has 0 fully saturated rings. The molecule has 8 aromatic carbocycles. The van der Waals surface area contributed by atoms with Gasteiger partial charge < -0.3 is 22.0 Å². The molecular weight excluding hydrogens is 1430 g/mol. The van der Waals surface area contributed by atoms with E-state index in [1.807, 2.05) is 28.7 Å². The highest BCUT2D eigenvalue weighted by Gasteiger charge is 2.88. The number of benzene rings is 8. The summed E-state index contributed by atoms with van der Waals surface area (Å²) in [6.07, 6.45) is 0. The van der Waals surface area contributed by atoms with Crippen LogP contribution in [0.25, 0.3) is 66.6 Å². The van der Waals surface area contributed by atoms with Gasteiger partial charge in [-0.25, -0.2) is 26.8 Å². The second-order valence-electron chi connectivity index (χ2n) is 22.2. The average Bonchev–Trinajstić information content (AvgIpc) is 1.65. The van der Waals surface area contributed by atoms with Gasteiger partial charge in [0.1, 0.15) is 40.1 Å². The summed E-state index contributed by atoms with van der Waals surface area (Å²) >= 11 is 13.0. The normalized spacial score (nSPS) is 13.5. The highest BCUT2D eigenvalue weighted by atomic mass is 35.5. The van der Waals surface area contributed by atoms with Gasteiger partial charge >= 0.3 is 61.7 Å². The summed E-state index contributed by atoms with van der Waals surface area (Å²) < 4.78 is 257. The number of halogens is 13. The first-order valence-corrected chi connectivity index (χ1v) is 34.0. The summed E-state index contributed by atoms with van der Waals surface area (Å²) in [6, 6.07) is 58.4. The molecule has 100 heavy (non-hydrogen) atoms. The van der Waals surface area contributed by atoms with E-state index >= 15 is 35.1 Å². The Morgan fingerprint density at radius 2 is 0.880 bits per heavy atom. The van der Waals surface area contributed by atoms with Gasteiger partial charge in [-0.15, -0.1) is 0 Å². The van der Waals surface area contributed by atoms with Crippen LogP contribution in [0.3, 0.4) is 0 Å². The van der Waals surface area contributed by atoms with Crippen molar-refractivity contribution in [2.75, 3.05) is 0 Å². The minimum atomic E-state index is -8.37. The van der Waals surface area contributed by atoms with Gasteiger partial charge in [0.05, 0.1) is 10.7 Å². The first-order valence-electron chi connectivity index (χ1n) is 28.8. The molecule has 34 heteroatoms. The van der Waals surface area contributed by atoms with Crippen LogP contribution in [-0.4, -0.2) is 85.7 Å². The largest absolute Gasteiger partial charge is 0.512 e. The summed E-state index contributed by atoms with van der Waals surface area (Å²) in [6.45, 7) is -0.452. The molecule has 0 atom stereocenters. The zero-order valence-electron chi connectivity index (χ0n) is 50.3. The van der Waals surface area contributed by atoms with Crippen molar-refractivity contribution < 1.29 is 86.6 Å². The van der Waals surface area contributed by atoms with Crippen LogP contribution in [0.2, 0.25) is 10.0 Å². The lowest BCUT2D eigenvalue weighted by molar-refractivity contribution is -0.326. The van der Waals surface area contributed by atoms with Crippen molar-refractivity contribution in [1.82, 2.24) is 23.1 Å². The van der Waals surface area contributed by atoms with Gasteiger partial charge in [-0.1, -0.05) is 195 Å². The minimum absolute atomic E-state index is 0.00572. The Balaban J connectivity index is 1.26. The van der Waals surface area contributed by atoms with E-state index in [1.54, 1.807) is 133 Å². The molecule has 0 aliphatic heterocycles. The maximum Gasteiger partial charge on any atom is 0.512 e. The standard InChI is InChI=1S/C66H38B2Cl2F11N7O9S3/c1-38-16-14-15-25-47(38)57-55-54(58(48(36-82)60-84-50-32-28-44(69)34-52(50)95-60)88(57)68(42-21-10-4-11-22-42)43-23-12-5-13-24-43)56(87(67(40-17-6-2-7-18-40)41-19-8-3-9-20-41)59(55)49(37-83)61-85-51-33-29-45(70)35-53(51)96-61)39-26-30-46(31-27-39)97-100(93,94)65(77,78)63(73,74)62(71,72)64(75,76)98(89,90)86-99(91,92)66(79,80)81/h2-35,86H,1H3/b58-48-,59-49-. The summed E-state index contributed by atoms with van der Waals surface area (Å²) in [5, 5.41) is 9.04. The third-order valence-electron chi connectivity index (χ3n) is 16.0. The molecule has 0 spiro atoms. The smallest absolute Gasteiger partial charge is 0.435 e. The number of nitrogens with one attached hydrogen (secondary N) is 1. The lowest BCUT2D eigenvalue weighted by Gasteiger charge is -2.35. The van der Waals surface area contributed by atoms with Crippen LogP contribution in [0.15, 0.2) is 215 Å². The maximum absolute atomic E-state index is 15.9. The molecular formula is C66H38B2Cl2F11N7O9S3. The lowest BCUT2D eigenvalue weighted by Crippen LogP contribution is -2.68. The molecule has 12 aromatic rings. The van der Waals surface area contributed by atoms with Crippen LogP contribution in [0.5, 0.6) is 5.75 Å². The van der Waals surface area contributed by atoms with Gasteiger partial charge in [-0.3, -0.25) is 0 Å². The van der Waals surface area contributed by atoms with Gasteiger partial charge in [-0.2, -0.15) is 67.2 Å². The van der Waals surface area contributed by atoms with Crippen molar-refractivity contribution in [3.63, 3.8) is 0 Å². The predicted molar refractivity (Wildman–Crippen MR) is 352 cm³/mol. The Morgan fingerprint density at radius 3 is 1.28 bits per heavy atom. The molecule has 0 radical (unpaired) electrons. The Hall–Kier alpha value is -10.2. The molecule has 0 aliphatic rings. The summed E-state index contributed by atoms with van der Waals surface area (Å²) in [4.78, 5) is 9.64. The number of sulfonamides is 2. The fourth-order valence-corrected chi connectivity index (χ4v) is 15.2. The number of rotatable bonds is 19. The van der Waals surface area contributed by atoms with E-state index in [1.165, 1.54) is 36.4 Å². The van der Waals surface area contributed by atoms with Crippen LogP contribution >= 0.6 is 23.2 Å². The molecule has 1 N–H and O–H groups in total. The first kappa shape index (κ1) is 69.7.